The molecule has 0 aromatic heterocycles. The van der Waals surface area contributed by atoms with Crippen LogP contribution in [0.2, 0.25) is 0 Å². The van der Waals surface area contributed by atoms with Crippen molar-refractivity contribution in [2.45, 2.75) is 11.5 Å². The number of nitriles is 1. The minimum atomic E-state index is -4.41. The minimum Gasteiger partial charge on any atom is -0.192 e. The van der Waals surface area contributed by atoms with Crippen molar-refractivity contribution in [3.8, 4) is 6.07 Å². The standard InChI is InChI=1S/C9H4BrF3IN/c10-3-7-5(4-15)1-6(2-8(7)14)9(11,12)13/h1-2H,3H2. The van der Waals surface area contributed by atoms with E-state index >= 15 is 0 Å². The average Bonchev–Trinajstić information content (AvgIpc) is 2.15. The number of hydrogen-bond acceptors (Lipinski definition) is 1. The number of rotatable bonds is 1. The van der Waals surface area contributed by atoms with E-state index in [-0.39, 0.29) is 5.56 Å². The van der Waals surface area contributed by atoms with Gasteiger partial charge in [-0.05, 0) is 40.3 Å². The van der Waals surface area contributed by atoms with Crippen molar-refractivity contribution < 1.29 is 13.2 Å². The zero-order chi connectivity index (χ0) is 11.6. The monoisotopic (exact) mass is 389 g/mol. The van der Waals surface area contributed by atoms with E-state index < -0.39 is 11.7 Å². The molecule has 80 valence electrons. The maximum Gasteiger partial charge on any atom is 0.416 e. The lowest BCUT2D eigenvalue weighted by atomic mass is 10.1. The van der Waals surface area contributed by atoms with Crippen molar-refractivity contribution >= 4 is 38.5 Å². The first kappa shape index (κ1) is 12.8. The molecule has 15 heavy (non-hydrogen) atoms. The van der Waals surface area contributed by atoms with E-state index in [0.717, 1.165) is 12.1 Å². The zero-order valence-corrected chi connectivity index (χ0v) is 10.9. The highest BCUT2D eigenvalue weighted by Gasteiger charge is 2.31. The van der Waals surface area contributed by atoms with Crippen LogP contribution in [0.1, 0.15) is 16.7 Å². The predicted octanol–water partition coefficient (Wildman–Crippen LogP) is 4.08. The van der Waals surface area contributed by atoms with Crippen LogP contribution in [0.3, 0.4) is 0 Å². The van der Waals surface area contributed by atoms with E-state index in [1.165, 1.54) is 0 Å². The zero-order valence-electron chi connectivity index (χ0n) is 7.20. The van der Waals surface area contributed by atoms with Crippen LogP contribution in [0.25, 0.3) is 0 Å². The van der Waals surface area contributed by atoms with Crippen molar-refractivity contribution in [1.82, 2.24) is 0 Å². The Labute approximate surface area is 107 Å². The number of benzene rings is 1. The van der Waals surface area contributed by atoms with Gasteiger partial charge in [-0.1, -0.05) is 15.9 Å². The maximum absolute atomic E-state index is 12.4. The molecule has 1 aromatic rings. The smallest absolute Gasteiger partial charge is 0.192 e. The predicted molar refractivity (Wildman–Crippen MR) is 61.5 cm³/mol. The Balaban J connectivity index is 3.41. The Bertz CT molecular complexity index is 423. The average molecular weight is 390 g/mol. The molecule has 0 saturated heterocycles. The van der Waals surface area contributed by atoms with E-state index in [4.69, 9.17) is 5.26 Å². The third kappa shape index (κ3) is 2.84. The molecule has 0 atom stereocenters. The fourth-order valence-corrected chi connectivity index (χ4v) is 2.98. The Hall–Kier alpha value is -0.290. The van der Waals surface area contributed by atoms with Crippen molar-refractivity contribution in [2.24, 2.45) is 0 Å². The summed E-state index contributed by atoms with van der Waals surface area (Å²) in [4.78, 5) is 0. The van der Waals surface area contributed by atoms with Gasteiger partial charge in [0.2, 0.25) is 0 Å². The Morgan fingerprint density at radius 3 is 2.40 bits per heavy atom. The fraction of sp³-hybridized carbons (Fsp3) is 0.222. The van der Waals surface area contributed by atoms with Gasteiger partial charge < -0.3 is 0 Å². The van der Waals surface area contributed by atoms with Gasteiger partial charge in [-0.3, -0.25) is 0 Å². The molecule has 0 heterocycles. The molecule has 0 amide bonds. The van der Waals surface area contributed by atoms with Crippen molar-refractivity contribution in [3.05, 3.63) is 32.4 Å². The van der Waals surface area contributed by atoms with E-state index in [2.05, 4.69) is 15.9 Å². The van der Waals surface area contributed by atoms with Gasteiger partial charge in [0.15, 0.2) is 0 Å². The van der Waals surface area contributed by atoms with Gasteiger partial charge in [0.05, 0.1) is 17.2 Å². The van der Waals surface area contributed by atoms with Crippen LogP contribution in [-0.4, -0.2) is 0 Å². The lowest BCUT2D eigenvalue weighted by molar-refractivity contribution is -0.137. The Morgan fingerprint density at radius 2 is 2.00 bits per heavy atom. The number of halogens is 5. The largest absolute Gasteiger partial charge is 0.416 e. The van der Waals surface area contributed by atoms with Gasteiger partial charge in [0.25, 0.3) is 0 Å². The van der Waals surface area contributed by atoms with Gasteiger partial charge in [-0.15, -0.1) is 0 Å². The van der Waals surface area contributed by atoms with Gasteiger partial charge in [0, 0.05) is 8.90 Å². The van der Waals surface area contributed by atoms with Crippen LogP contribution in [0.5, 0.6) is 0 Å². The highest BCUT2D eigenvalue weighted by molar-refractivity contribution is 14.1. The molecule has 0 aliphatic carbocycles. The lowest BCUT2D eigenvalue weighted by Gasteiger charge is -2.10. The van der Waals surface area contributed by atoms with E-state index in [1.807, 2.05) is 0 Å². The summed E-state index contributed by atoms with van der Waals surface area (Å²) in [7, 11) is 0. The second-order valence-corrected chi connectivity index (χ2v) is 4.45. The molecule has 0 radical (unpaired) electrons. The summed E-state index contributed by atoms with van der Waals surface area (Å²) >= 11 is 4.93. The molecular weight excluding hydrogens is 386 g/mol. The number of nitrogens with zero attached hydrogens (tertiary/aromatic N) is 1. The molecule has 0 unspecified atom stereocenters. The van der Waals surface area contributed by atoms with Crippen LogP contribution < -0.4 is 0 Å². The van der Waals surface area contributed by atoms with Gasteiger partial charge in [0.1, 0.15) is 0 Å². The van der Waals surface area contributed by atoms with E-state index in [1.54, 1.807) is 28.7 Å². The minimum absolute atomic E-state index is 0.0612. The summed E-state index contributed by atoms with van der Waals surface area (Å²) in [5.41, 5.74) is -0.134. The quantitative estimate of drug-likeness (QED) is 0.524. The van der Waals surface area contributed by atoms with Gasteiger partial charge >= 0.3 is 6.18 Å². The van der Waals surface area contributed by atoms with E-state index in [9.17, 15) is 13.2 Å². The second-order valence-electron chi connectivity index (χ2n) is 2.73. The Morgan fingerprint density at radius 1 is 1.40 bits per heavy atom. The van der Waals surface area contributed by atoms with Crippen molar-refractivity contribution in [3.63, 3.8) is 0 Å². The van der Waals surface area contributed by atoms with Crippen LogP contribution in [0, 0.1) is 14.9 Å². The first-order chi connectivity index (χ1) is 6.90. The SMILES string of the molecule is N#Cc1cc(C(F)(F)F)cc(I)c1CBr. The highest BCUT2D eigenvalue weighted by atomic mass is 127. The summed E-state index contributed by atoms with van der Waals surface area (Å²) in [5.74, 6) is 0. The molecule has 0 fully saturated rings. The topological polar surface area (TPSA) is 23.8 Å². The Kier molecular flexibility index (Phi) is 4.00. The lowest BCUT2D eigenvalue weighted by Crippen LogP contribution is -2.07. The molecule has 1 nitrogen and oxygen atoms in total. The third-order valence-corrected chi connectivity index (χ3v) is 3.30. The first-order valence-electron chi connectivity index (χ1n) is 3.76. The van der Waals surface area contributed by atoms with Crippen LogP contribution in [0.15, 0.2) is 12.1 Å². The summed E-state index contributed by atoms with van der Waals surface area (Å²) in [6.45, 7) is 0. The summed E-state index contributed by atoms with van der Waals surface area (Å²) in [6.07, 6.45) is -4.41. The normalized spacial score (nSPS) is 11.2. The molecule has 0 aliphatic heterocycles. The molecule has 0 aliphatic rings. The molecule has 0 bridgehead atoms. The van der Waals surface area contributed by atoms with Crippen LogP contribution in [-0.2, 0) is 11.5 Å². The maximum atomic E-state index is 12.4. The van der Waals surface area contributed by atoms with Crippen molar-refractivity contribution in [1.29, 1.82) is 5.26 Å². The van der Waals surface area contributed by atoms with E-state index in [0.29, 0.717) is 14.5 Å². The van der Waals surface area contributed by atoms with Gasteiger partial charge in [-0.2, -0.15) is 18.4 Å². The summed E-state index contributed by atoms with van der Waals surface area (Å²) < 4.78 is 37.6. The molecule has 1 aromatic carbocycles. The summed E-state index contributed by atoms with van der Waals surface area (Å²) in [6, 6.07) is 3.68. The molecule has 1 rings (SSSR count). The third-order valence-electron chi connectivity index (χ3n) is 1.78. The van der Waals surface area contributed by atoms with Crippen molar-refractivity contribution in [2.75, 3.05) is 0 Å². The first-order valence-corrected chi connectivity index (χ1v) is 5.96. The second kappa shape index (κ2) is 4.70. The van der Waals surface area contributed by atoms with Gasteiger partial charge in [-0.25, -0.2) is 0 Å². The molecule has 0 spiro atoms. The van der Waals surface area contributed by atoms with Crippen LogP contribution >= 0.6 is 38.5 Å². The number of alkyl halides is 4. The summed E-state index contributed by atoms with van der Waals surface area (Å²) in [5, 5.41) is 9.09. The fourth-order valence-electron chi connectivity index (χ4n) is 1.04. The van der Waals surface area contributed by atoms with Crippen LogP contribution in [0.4, 0.5) is 13.2 Å². The highest BCUT2D eigenvalue weighted by Crippen LogP contribution is 2.33. The molecule has 0 N–H and O–H groups in total. The number of hydrogen-bond donors (Lipinski definition) is 0. The molecule has 0 saturated carbocycles. The molecular formula is C9H4BrF3IN. The molecule has 6 heteroatoms.